The Balaban J connectivity index is 1.70. The Morgan fingerprint density at radius 1 is 1.08 bits per heavy atom. The van der Waals surface area contributed by atoms with Crippen LogP contribution in [0.15, 0.2) is 64.5 Å². The zero-order valence-corrected chi connectivity index (χ0v) is 15.4. The molecular formula is C22H21N2S+. The van der Waals surface area contributed by atoms with Crippen molar-refractivity contribution in [1.29, 1.82) is 0 Å². The van der Waals surface area contributed by atoms with E-state index in [1.807, 2.05) is 11.8 Å². The predicted octanol–water partition coefficient (Wildman–Crippen LogP) is 5.14. The molecule has 0 saturated carbocycles. The zero-order chi connectivity index (χ0) is 17.0. The van der Waals surface area contributed by atoms with E-state index in [4.69, 9.17) is 0 Å². The van der Waals surface area contributed by atoms with Gasteiger partial charge in [-0.25, -0.2) is 0 Å². The van der Waals surface area contributed by atoms with E-state index in [1.165, 1.54) is 43.3 Å². The maximum atomic E-state index is 2.49. The molecule has 0 aliphatic carbocycles. The number of anilines is 1. The first kappa shape index (κ1) is 15.0. The second kappa shape index (κ2) is 5.63. The number of hydrogen-bond acceptors (Lipinski definition) is 2. The molecule has 0 saturated heterocycles. The van der Waals surface area contributed by atoms with Gasteiger partial charge in [-0.3, -0.25) is 0 Å². The van der Waals surface area contributed by atoms with Gasteiger partial charge in [-0.2, -0.15) is 4.57 Å². The Morgan fingerprint density at radius 2 is 1.96 bits per heavy atom. The van der Waals surface area contributed by atoms with Crippen LogP contribution in [0, 0.1) is 6.92 Å². The Hall–Kier alpha value is -2.26. The summed E-state index contributed by atoms with van der Waals surface area (Å²) in [6.45, 7) is 6.49. The van der Waals surface area contributed by atoms with Gasteiger partial charge >= 0.3 is 0 Å². The van der Waals surface area contributed by atoms with Gasteiger partial charge in [0.15, 0.2) is 0 Å². The number of fused-ring (bicyclic) bond motifs is 4. The average Bonchev–Trinajstić information content (AvgIpc) is 3.19. The molecule has 2 aliphatic heterocycles. The fraction of sp³-hybridized carbons (Fsp3) is 0.227. The normalized spacial score (nSPS) is 15.8. The summed E-state index contributed by atoms with van der Waals surface area (Å²) in [4.78, 5) is 3.88. The Bertz CT molecular complexity index is 1040. The molecule has 2 aliphatic rings. The second-order valence-electron chi connectivity index (χ2n) is 6.78. The lowest BCUT2D eigenvalue weighted by Gasteiger charge is -2.13. The van der Waals surface area contributed by atoms with Crippen LogP contribution in [0.1, 0.15) is 24.6 Å². The third-order valence-electron chi connectivity index (χ3n) is 5.26. The van der Waals surface area contributed by atoms with Gasteiger partial charge in [0, 0.05) is 29.0 Å². The number of aromatic nitrogens is 1. The number of nitrogens with zero attached hydrogens (tertiary/aromatic N) is 2. The number of pyridine rings is 1. The zero-order valence-electron chi connectivity index (χ0n) is 14.6. The van der Waals surface area contributed by atoms with Gasteiger partial charge in [0.05, 0.1) is 16.3 Å². The van der Waals surface area contributed by atoms with E-state index < -0.39 is 0 Å². The van der Waals surface area contributed by atoms with Crippen molar-refractivity contribution in [2.45, 2.75) is 31.7 Å². The standard InChI is InChI=1S/C22H21N2S/c1-3-23-18-10-8-15(2)14-16(18)9-11-19(23)17-12-13-24-20-6-4-5-7-21(20)25-22(17)24/h4-11,14H,3,12-13H2,1-2H3/q+1. The van der Waals surface area contributed by atoms with Crippen molar-refractivity contribution in [1.82, 2.24) is 0 Å². The summed E-state index contributed by atoms with van der Waals surface area (Å²) in [6.07, 6.45) is 1.12. The molecule has 0 unspecified atom stereocenters. The summed E-state index contributed by atoms with van der Waals surface area (Å²) in [5, 5.41) is 2.75. The van der Waals surface area contributed by atoms with Crippen molar-refractivity contribution in [2.24, 2.45) is 0 Å². The molecule has 0 amide bonds. The molecule has 0 radical (unpaired) electrons. The molecule has 3 aromatic rings. The van der Waals surface area contributed by atoms with E-state index >= 15 is 0 Å². The highest BCUT2D eigenvalue weighted by atomic mass is 32.2. The third-order valence-corrected chi connectivity index (χ3v) is 6.49. The molecule has 0 fully saturated rings. The van der Waals surface area contributed by atoms with E-state index in [9.17, 15) is 0 Å². The van der Waals surface area contributed by atoms with E-state index in [2.05, 4.69) is 77.9 Å². The maximum absolute atomic E-state index is 2.49. The molecule has 2 aromatic carbocycles. The summed E-state index contributed by atoms with van der Waals surface area (Å²) in [6, 6.07) is 20.1. The molecule has 5 rings (SSSR count). The largest absolute Gasteiger partial charge is 0.334 e. The van der Waals surface area contributed by atoms with Crippen LogP contribution in [0.25, 0.3) is 16.5 Å². The monoisotopic (exact) mass is 345 g/mol. The Kier molecular flexibility index (Phi) is 3.39. The smallest absolute Gasteiger partial charge is 0.212 e. The van der Waals surface area contributed by atoms with Gasteiger partial charge < -0.3 is 4.90 Å². The lowest BCUT2D eigenvalue weighted by molar-refractivity contribution is -0.670. The number of benzene rings is 2. The molecular weight excluding hydrogens is 324 g/mol. The van der Waals surface area contributed by atoms with Gasteiger partial charge in [0.25, 0.3) is 0 Å². The first-order valence-electron chi connectivity index (χ1n) is 8.97. The highest BCUT2D eigenvalue weighted by molar-refractivity contribution is 8.04. The van der Waals surface area contributed by atoms with Crippen molar-refractivity contribution in [3.05, 3.63) is 70.9 Å². The summed E-state index contributed by atoms with van der Waals surface area (Å²) < 4.78 is 2.48. The lowest BCUT2D eigenvalue weighted by atomic mass is 10.1. The van der Waals surface area contributed by atoms with Crippen LogP contribution in [0.3, 0.4) is 0 Å². The van der Waals surface area contributed by atoms with Crippen LogP contribution in [-0.4, -0.2) is 6.54 Å². The molecule has 0 bridgehead atoms. The molecule has 25 heavy (non-hydrogen) atoms. The van der Waals surface area contributed by atoms with E-state index in [1.54, 1.807) is 0 Å². The van der Waals surface area contributed by atoms with Gasteiger partial charge in [-0.15, -0.1) is 0 Å². The van der Waals surface area contributed by atoms with Gasteiger partial charge in [0.2, 0.25) is 11.2 Å². The van der Waals surface area contributed by atoms with Gasteiger partial charge in [-0.1, -0.05) is 35.5 Å². The first-order valence-corrected chi connectivity index (χ1v) is 9.79. The van der Waals surface area contributed by atoms with Crippen molar-refractivity contribution in [3.8, 4) is 0 Å². The number of para-hydroxylation sites is 1. The van der Waals surface area contributed by atoms with E-state index in [0.29, 0.717) is 0 Å². The summed E-state index contributed by atoms with van der Waals surface area (Å²) in [5.41, 5.74) is 6.88. The van der Waals surface area contributed by atoms with Crippen LogP contribution in [0.4, 0.5) is 5.69 Å². The molecule has 2 nitrogen and oxygen atoms in total. The van der Waals surface area contributed by atoms with Crippen molar-refractivity contribution < 1.29 is 4.57 Å². The minimum atomic E-state index is 0.990. The summed E-state index contributed by atoms with van der Waals surface area (Å²) >= 11 is 1.93. The molecule has 124 valence electrons. The van der Waals surface area contributed by atoms with Crippen molar-refractivity contribution in [2.75, 3.05) is 11.4 Å². The molecule has 1 aromatic heterocycles. The Labute approximate surface area is 152 Å². The Morgan fingerprint density at radius 3 is 2.84 bits per heavy atom. The summed E-state index contributed by atoms with van der Waals surface area (Å²) in [5.74, 6) is 0. The minimum absolute atomic E-state index is 0.990. The average molecular weight is 345 g/mol. The van der Waals surface area contributed by atoms with Crippen molar-refractivity contribution >= 4 is 33.9 Å². The molecule has 0 spiro atoms. The third kappa shape index (κ3) is 2.22. The summed E-state index contributed by atoms with van der Waals surface area (Å²) in [7, 11) is 0. The highest BCUT2D eigenvalue weighted by Gasteiger charge is 2.35. The molecule has 0 atom stereocenters. The molecule has 3 heteroatoms. The number of aryl methyl sites for hydroxylation is 2. The van der Waals surface area contributed by atoms with Crippen LogP contribution >= 0.6 is 11.8 Å². The number of thioether (sulfide) groups is 1. The second-order valence-corrected chi connectivity index (χ2v) is 7.81. The predicted molar refractivity (Wildman–Crippen MR) is 106 cm³/mol. The fourth-order valence-electron chi connectivity index (χ4n) is 4.10. The van der Waals surface area contributed by atoms with Gasteiger partial charge in [-0.05, 0) is 44.5 Å². The highest BCUT2D eigenvalue weighted by Crippen LogP contribution is 2.52. The van der Waals surface area contributed by atoms with Crippen LogP contribution < -0.4 is 9.47 Å². The molecule has 0 N–H and O–H groups in total. The van der Waals surface area contributed by atoms with E-state index in [0.717, 1.165) is 19.5 Å². The first-order chi connectivity index (χ1) is 12.3. The van der Waals surface area contributed by atoms with Crippen LogP contribution in [0.2, 0.25) is 0 Å². The van der Waals surface area contributed by atoms with Crippen LogP contribution in [-0.2, 0) is 6.54 Å². The minimum Gasteiger partial charge on any atom is -0.334 e. The van der Waals surface area contributed by atoms with Crippen molar-refractivity contribution in [3.63, 3.8) is 0 Å². The quantitative estimate of drug-likeness (QED) is 0.594. The topological polar surface area (TPSA) is 7.12 Å². The number of rotatable bonds is 2. The van der Waals surface area contributed by atoms with E-state index in [-0.39, 0.29) is 0 Å². The maximum Gasteiger partial charge on any atom is 0.212 e. The fourth-order valence-corrected chi connectivity index (χ4v) is 5.36. The SMILES string of the molecule is CC[n+]1c(C2=C3Sc4ccccc4N3CC2)ccc2cc(C)ccc21. The number of hydrogen-bond donors (Lipinski definition) is 0. The lowest BCUT2D eigenvalue weighted by Crippen LogP contribution is -2.37. The van der Waals surface area contributed by atoms with Gasteiger partial charge in [0.1, 0.15) is 6.54 Å². The van der Waals surface area contributed by atoms with Crippen LogP contribution in [0.5, 0.6) is 0 Å². The molecule has 3 heterocycles.